The van der Waals surface area contributed by atoms with Crippen molar-refractivity contribution >= 4 is 22.9 Å². The molecule has 0 bridgehead atoms. The number of anilines is 2. The molecule has 5 aromatic rings. The minimum Gasteiger partial charge on any atom is -0.439 e. The van der Waals surface area contributed by atoms with E-state index in [4.69, 9.17) is 9.84 Å². The Labute approximate surface area is 268 Å². The van der Waals surface area contributed by atoms with Crippen LogP contribution in [0.5, 0.6) is 11.6 Å². The lowest BCUT2D eigenvalue weighted by Crippen LogP contribution is -2.31. The number of hydrogen-bond donors (Lipinski definition) is 2. The number of nitrogens with zero attached hydrogens (tertiary/aromatic N) is 2. The van der Waals surface area contributed by atoms with Crippen molar-refractivity contribution in [2.45, 2.75) is 46.6 Å². The summed E-state index contributed by atoms with van der Waals surface area (Å²) in [5.41, 5.74) is 7.47. The molecule has 0 saturated carbocycles. The lowest BCUT2D eigenvalue weighted by Gasteiger charge is -2.34. The Bertz CT molecular complexity index is 1990. The van der Waals surface area contributed by atoms with Gasteiger partial charge < -0.3 is 15.4 Å². The van der Waals surface area contributed by atoms with Crippen molar-refractivity contribution < 1.29 is 14.3 Å². The molecular weight excluding hydrogens is 572 g/mol. The summed E-state index contributed by atoms with van der Waals surface area (Å²) in [5.74, 6) is 1.18. The standard InChI is InChI=1S/C39H36N4O3/c1-24-15-18-29(19-16-24)46-38-34(25(2)42-43(38)28-13-9-6-10-14-28)36-35-32(22-39(3,4)23-33(35)44)40-30-20-17-27(21-31(30)41-36)37(45)26-11-7-5-8-12-26/h5-21,36,40-41H,22-23H2,1-4H3. The molecule has 1 atom stereocenters. The maximum atomic E-state index is 14.1. The number of allylic oxidation sites excluding steroid dienone is 1. The number of ketones is 2. The maximum Gasteiger partial charge on any atom is 0.228 e. The van der Waals surface area contributed by atoms with E-state index in [-0.39, 0.29) is 17.0 Å². The third-order valence-corrected chi connectivity index (χ3v) is 8.70. The van der Waals surface area contributed by atoms with E-state index < -0.39 is 6.04 Å². The second-order valence-corrected chi connectivity index (χ2v) is 13.0. The molecule has 1 aliphatic carbocycles. The highest BCUT2D eigenvalue weighted by Crippen LogP contribution is 2.48. The Morgan fingerprint density at radius 1 is 0.848 bits per heavy atom. The zero-order chi connectivity index (χ0) is 32.0. The second-order valence-electron chi connectivity index (χ2n) is 13.0. The number of rotatable bonds is 6. The summed E-state index contributed by atoms with van der Waals surface area (Å²) in [6, 6.07) is 32.0. The SMILES string of the molecule is Cc1ccc(Oc2c(C3Nc4cc(C(=O)c5ccccc5)ccc4NC4=C3C(=O)CC(C)(C)C4)c(C)nn2-c2ccccc2)cc1. The minimum absolute atomic E-state index is 0.0674. The van der Waals surface area contributed by atoms with Gasteiger partial charge in [0.1, 0.15) is 5.75 Å². The first-order valence-electron chi connectivity index (χ1n) is 15.6. The van der Waals surface area contributed by atoms with Crippen LogP contribution in [0.1, 0.15) is 65.5 Å². The smallest absolute Gasteiger partial charge is 0.228 e. The van der Waals surface area contributed by atoms with Crippen LogP contribution in [-0.4, -0.2) is 21.3 Å². The number of carbonyl (C=O) groups is 2. The first kappa shape index (κ1) is 29.3. The Balaban J connectivity index is 1.41. The predicted molar refractivity (Wildman–Crippen MR) is 181 cm³/mol. The predicted octanol–water partition coefficient (Wildman–Crippen LogP) is 8.73. The van der Waals surface area contributed by atoms with Gasteiger partial charge in [-0.1, -0.05) is 80.1 Å². The average molecular weight is 609 g/mol. The van der Waals surface area contributed by atoms with E-state index in [1.54, 1.807) is 4.68 Å². The number of fused-ring (bicyclic) bond motifs is 1. The lowest BCUT2D eigenvalue weighted by molar-refractivity contribution is -0.118. The van der Waals surface area contributed by atoms with Crippen molar-refractivity contribution in [3.63, 3.8) is 0 Å². The summed E-state index contributed by atoms with van der Waals surface area (Å²) in [5, 5.41) is 12.3. The topological polar surface area (TPSA) is 85.2 Å². The Morgan fingerprint density at radius 3 is 2.26 bits per heavy atom. The summed E-state index contributed by atoms with van der Waals surface area (Å²) in [6.45, 7) is 8.23. The van der Waals surface area contributed by atoms with E-state index in [0.29, 0.717) is 41.2 Å². The average Bonchev–Trinajstić information content (AvgIpc) is 3.27. The van der Waals surface area contributed by atoms with E-state index in [9.17, 15) is 9.59 Å². The largest absolute Gasteiger partial charge is 0.439 e. The number of benzene rings is 4. The van der Waals surface area contributed by atoms with Gasteiger partial charge in [0.25, 0.3) is 0 Å². The number of hydrogen-bond acceptors (Lipinski definition) is 6. The van der Waals surface area contributed by atoms with Crippen LogP contribution >= 0.6 is 0 Å². The second kappa shape index (κ2) is 11.5. The molecule has 1 unspecified atom stereocenters. The number of para-hydroxylation sites is 1. The molecule has 1 aliphatic heterocycles. The number of carbonyl (C=O) groups excluding carboxylic acids is 2. The minimum atomic E-state index is -0.590. The van der Waals surface area contributed by atoms with Gasteiger partial charge in [-0.2, -0.15) is 5.10 Å². The van der Waals surface area contributed by atoms with E-state index in [2.05, 4.69) is 24.5 Å². The van der Waals surface area contributed by atoms with E-state index >= 15 is 0 Å². The molecule has 2 heterocycles. The fraction of sp³-hybridized carbons (Fsp3) is 0.205. The first-order valence-corrected chi connectivity index (χ1v) is 15.6. The van der Waals surface area contributed by atoms with Crippen LogP contribution in [0.25, 0.3) is 5.69 Å². The van der Waals surface area contributed by atoms with Crippen LogP contribution < -0.4 is 15.4 Å². The van der Waals surface area contributed by atoms with Gasteiger partial charge in [-0.05, 0) is 68.1 Å². The van der Waals surface area contributed by atoms with Crippen molar-refractivity contribution in [2.24, 2.45) is 5.41 Å². The lowest BCUT2D eigenvalue weighted by atomic mass is 9.73. The van der Waals surface area contributed by atoms with Crippen molar-refractivity contribution in [1.29, 1.82) is 0 Å². The summed E-state index contributed by atoms with van der Waals surface area (Å²) >= 11 is 0. The van der Waals surface area contributed by atoms with Gasteiger partial charge in [0.15, 0.2) is 11.6 Å². The molecule has 4 aromatic carbocycles. The van der Waals surface area contributed by atoms with Crippen LogP contribution in [0.2, 0.25) is 0 Å². The van der Waals surface area contributed by atoms with Gasteiger partial charge in [-0.3, -0.25) is 9.59 Å². The Morgan fingerprint density at radius 2 is 1.54 bits per heavy atom. The monoisotopic (exact) mass is 608 g/mol. The third kappa shape index (κ3) is 5.49. The molecule has 230 valence electrons. The highest BCUT2D eigenvalue weighted by molar-refractivity contribution is 6.10. The normalized spacial score (nSPS) is 16.9. The fourth-order valence-electron chi connectivity index (χ4n) is 6.47. The molecule has 7 nitrogen and oxygen atoms in total. The molecular formula is C39H36N4O3. The molecule has 0 spiro atoms. The molecule has 0 radical (unpaired) electrons. The van der Waals surface area contributed by atoms with Gasteiger partial charge in [0.2, 0.25) is 5.88 Å². The maximum absolute atomic E-state index is 14.1. The van der Waals surface area contributed by atoms with Crippen molar-refractivity contribution in [2.75, 3.05) is 10.6 Å². The summed E-state index contributed by atoms with van der Waals surface area (Å²) in [6.07, 6.45) is 1.11. The van der Waals surface area contributed by atoms with Crippen LogP contribution in [-0.2, 0) is 4.79 Å². The van der Waals surface area contributed by atoms with Crippen LogP contribution in [0, 0.1) is 19.3 Å². The first-order chi connectivity index (χ1) is 22.2. The molecule has 2 aliphatic rings. The van der Waals surface area contributed by atoms with E-state index in [0.717, 1.165) is 39.6 Å². The molecule has 2 N–H and O–H groups in total. The molecule has 0 fully saturated rings. The van der Waals surface area contributed by atoms with Gasteiger partial charge in [-0.15, -0.1) is 0 Å². The van der Waals surface area contributed by atoms with E-state index in [1.807, 2.05) is 117 Å². The van der Waals surface area contributed by atoms with Crippen LogP contribution in [0.4, 0.5) is 11.4 Å². The number of nitrogens with one attached hydrogen (secondary N) is 2. The van der Waals surface area contributed by atoms with Crippen molar-refractivity contribution in [3.05, 3.63) is 142 Å². The molecule has 7 rings (SSSR count). The molecule has 46 heavy (non-hydrogen) atoms. The summed E-state index contributed by atoms with van der Waals surface area (Å²) in [4.78, 5) is 27.6. The number of aryl methyl sites for hydroxylation is 2. The summed E-state index contributed by atoms with van der Waals surface area (Å²) in [7, 11) is 0. The van der Waals surface area contributed by atoms with Gasteiger partial charge in [-0.25, -0.2) is 4.68 Å². The number of ether oxygens (including phenoxy) is 1. The zero-order valence-corrected chi connectivity index (χ0v) is 26.4. The number of Topliss-reactive ketones (excluding diaryl/α,β-unsaturated/α-hetero) is 1. The van der Waals surface area contributed by atoms with Crippen molar-refractivity contribution in [1.82, 2.24) is 9.78 Å². The molecule has 0 amide bonds. The highest BCUT2D eigenvalue weighted by Gasteiger charge is 2.41. The summed E-state index contributed by atoms with van der Waals surface area (Å²) < 4.78 is 8.48. The molecule has 1 aromatic heterocycles. The van der Waals surface area contributed by atoms with Crippen LogP contribution in [0.3, 0.4) is 0 Å². The Kier molecular flexibility index (Phi) is 7.32. The third-order valence-electron chi connectivity index (χ3n) is 8.70. The van der Waals surface area contributed by atoms with Gasteiger partial charge in [0.05, 0.1) is 34.4 Å². The fourth-order valence-corrected chi connectivity index (χ4v) is 6.47. The zero-order valence-electron chi connectivity index (χ0n) is 26.4. The van der Waals surface area contributed by atoms with Crippen LogP contribution in [0.15, 0.2) is 114 Å². The van der Waals surface area contributed by atoms with Gasteiger partial charge in [0, 0.05) is 28.8 Å². The number of aromatic nitrogens is 2. The van der Waals surface area contributed by atoms with Gasteiger partial charge >= 0.3 is 0 Å². The quantitative estimate of drug-likeness (QED) is 0.188. The van der Waals surface area contributed by atoms with E-state index in [1.165, 1.54) is 0 Å². The Hall–Kier alpha value is -5.43. The highest BCUT2D eigenvalue weighted by atomic mass is 16.5. The molecule has 7 heteroatoms. The van der Waals surface area contributed by atoms with Crippen molar-refractivity contribution in [3.8, 4) is 17.3 Å². The molecule has 0 saturated heterocycles.